The molecule has 5 nitrogen and oxygen atoms in total. The van der Waals surface area contributed by atoms with Crippen molar-refractivity contribution in [3.8, 4) is 23.0 Å². The number of nitriles is 1. The van der Waals surface area contributed by atoms with E-state index in [1.54, 1.807) is 36.4 Å². The van der Waals surface area contributed by atoms with Crippen LogP contribution in [0, 0.1) is 11.3 Å². The molecule has 0 radical (unpaired) electrons. The second kappa shape index (κ2) is 6.87. The minimum absolute atomic E-state index is 0.204. The number of nitrogens with one attached hydrogen (secondary N) is 1. The number of rotatable bonds is 2. The smallest absolute Gasteiger partial charge is 0.264 e. The van der Waals surface area contributed by atoms with E-state index in [-0.39, 0.29) is 16.8 Å². The number of pyridine rings is 2. The van der Waals surface area contributed by atoms with E-state index in [9.17, 15) is 14.9 Å². The molecule has 5 rings (SSSR count). The Labute approximate surface area is 171 Å². The van der Waals surface area contributed by atoms with Gasteiger partial charge in [0.05, 0.1) is 11.4 Å². The van der Waals surface area contributed by atoms with Gasteiger partial charge in [0.15, 0.2) is 0 Å². The highest BCUT2D eigenvalue weighted by Gasteiger charge is 2.15. The number of hydrogen-bond donors (Lipinski definition) is 1. The second-order valence-electron chi connectivity index (χ2n) is 6.99. The van der Waals surface area contributed by atoms with Crippen LogP contribution in [0.25, 0.3) is 38.5 Å². The summed E-state index contributed by atoms with van der Waals surface area (Å²) in [7, 11) is 0. The topological polar surface area (TPSA) is 78.7 Å². The summed E-state index contributed by atoms with van der Waals surface area (Å²) >= 11 is 0. The van der Waals surface area contributed by atoms with Crippen LogP contribution in [-0.2, 0) is 0 Å². The van der Waals surface area contributed by atoms with Gasteiger partial charge in [-0.3, -0.25) is 14.2 Å². The number of fused-ring (bicyclic) bond motifs is 2. The van der Waals surface area contributed by atoms with Gasteiger partial charge in [0, 0.05) is 16.3 Å². The Morgan fingerprint density at radius 3 is 2.17 bits per heavy atom. The molecule has 0 aliphatic rings. The van der Waals surface area contributed by atoms with Crippen molar-refractivity contribution in [1.29, 1.82) is 5.26 Å². The third-order valence-corrected chi connectivity index (χ3v) is 5.23. The molecule has 0 aliphatic heterocycles. The van der Waals surface area contributed by atoms with Gasteiger partial charge in [-0.25, -0.2) is 0 Å². The van der Waals surface area contributed by atoms with E-state index in [1.165, 1.54) is 4.57 Å². The zero-order valence-electron chi connectivity index (χ0n) is 15.8. The minimum Gasteiger partial charge on any atom is -0.321 e. The molecule has 30 heavy (non-hydrogen) atoms. The minimum atomic E-state index is -0.278. The fourth-order valence-electron chi connectivity index (χ4n) is 3.83. The van der Waals surface area contributed by atoms with Gasteiger partial charge in [0.25, 0.3) is 11.1 Å². The maximum atomic E-state index is 13.3. The summed E-state index contributed by atoms with van der Waals surface area (Å²) in [6, 6.07) is 27.5. The SMILES string of the molecule is N#Cc1cc2ccccc2c(=O)n1-c1ccccc1-c1cc2ccccc2c(=O)[nH]1. The molecule has 5 aromatic rings. The number of aromatic amines is 1. The first-order chi connectivity index (χ1) is 14.7. The first kappa shape index (κ1) is 17.7. The zero-order chi connectivity index (χ0) is 20.7. The Morgan fingerprint density at radius 1 is 0.767 bits per heavy atom. The molecular formula is C25H15N3O2. The quantitative estimate of drug-likeness (QED) is 0.487. The summed E-state index contributed by atoms with van der Waals surface area (Å²) in [6.45, 7) is 0. The van der Waals surface area contributed by atoms with Crippen LogP contribution in [-0.4, -0.2) is 9.55 Å². The Balaban J connectivity index is 1.85. The first-order valence-electron chi connectivity index (χ1n) is 9.44. The molecule has 0 fully saturated rings. The van der Waals surface area contributed by atoms with Gasteiger partial charge in [0.1, 0.15) is 11.8 Å². The molecule has 0 atom stereocenters. The first-order valence-corrected chi connectivity index (χ1v) is 9.44. The molecule has 2 heterocycles. The van der Waals surface area contributed by atoms with Gasteiger partial charge >= 0.3 is 0 Å². The predicted octanol–water partition coefficient (Wildman–Crippen LogP) is 4.37. The lowest BCUT2D eigenvalue weighted by Gasteiger charge is -2.15. The van der Waals surface area contributed by atoms with Gasteiger partial charge in [-0.05, 0) is 41.1 Å². The molecule has 0 aliphatic carbocycles. The fraction of sp³-hybridized carbons (Fsp3) is 0. The molecule has 142 valence electrons. The fourth-order valence-corrected chi connectivity index (χ4v) is 3.83. The highest BCUT2D eigenvalue weighted by molar-refractivity contribution is 5.87. The third-order valence-electron chi connectivity index (χ3n) is 5.23. The van der Waals surface area contributed by atoms with E-state index in [2.05, 4.69) is 11.1 Å². The molecule has 2 aromatic heterocycles. The van der Waals surface area contributed by atoms with Crippen molar-refractivity contribution >= 4 is 21.5 Å². The van der Waals surface area contributed by atoms with E-state index in [0.717, 1.165) is 5.39 Å². The van der Waals surface area contributed by atoms with Crippen molar-refractivity contribution in [1.82, 2.24) is 9.55 Å². The van der Waals surface area contributed by atoms with Crippen LogP contribution >= 0.6 is 0 Å². The summed E-state index contributed by atoms with van der Waals surface area (Å²) < 4.78 is 1.41. The molecule has 0 saturated carbocycles. The van der Waals surface area contributed by atoms with Gasteiger partial charge < -0.3 is 4.98 Å². The predicted molar refractivity (Wildman–Crippen MR) is 118 cm³/mol. The highest BCUT2D eigenvalue weighted by atomic mass is 16.1. The normalized spacial score (nSPS) is 10.9. The average Bonchev–Trinajstić information content (AvgIpc) is 2.79. The summed E-state index contributed by atoms with van der Waals surface area (Å²) in [5, 5.41) is 12.4. The summed E-state index contributed by atoms with van der Waals surface area (Å²) in [4.78, 5) is 28.8. The van der Waals surface area contributed by atoms with Crippen molar-refractivity contribution < 1.29 is 0 Å². The lowest BCUT2D eigenvalue weighted by molar-refractivity contribution is 0.983. The van der Waals surface area contributed by atoms with Crippen molar-refractivity contribution in [2.45, 2.75) is 0 Å². The average molecular weight is 389 g/mol. The Hall–Kier alpha value is -4.43. The largest absolute Gasteiger partial charge is 0.321 e. The van der Waals surface area contributed by atoms with E-state index in [4.69, 9.17) is 0 Å². The van der Waals surface area contributed by atoms with E-state index < -0.39 is 0 Å². The number of H-pyrrole nitrogens is 1. The van der Waals surface area contributed by atoms with Crippen molar-refractivity contribution in [3.63, 3.8) is 0 Å². The summed E-state index contributed by atoms with van der Waals surface area (Å²) in [5.74, 6) is 0. The number of nitrogens with zero attached hydrogens (tertiary/aromatic N) is 2. The maximum Gasteiger partial charge on any atom is 0.264 e. The summed E-state index contributed by atoms with van der Waals surface area (Å²) in [6.07, 6.45) is 0. The van der Waals surface area contributed by atoms with Crippen LogP contribution in [0.15, 0.2) is 94.5 Å². The van der Waals surface area contributed by atoms with E-state index >= 15 is 0 Å². The van der Waals surface area contributed by atoms with Crippen LogP contribution in [0.5, 0.6) is 0 Å². The maximum absolute atomic E-state index is 13.3. The Bertz CT molecular complexity index is 1600. The third kappa shape index (κ3) is 2.71. The Kier molecular flexibility index (Phi) is 4.04. The standard InChI is InChI=1S/C25H15N3O2/c26-15-18-13-16-7-2-4-10-20(16)25(30)28(18)23-12-6-5-11-21(23)22-14-17-8-1-3-9-19(17)24(29)27-22/h1-14H,(H,27,29). The Morgan fingerprint density at radius 2 is 1.40 bits per heavy atom. The molecule has 1 N–H and O–H groups in total. The van der Waals surface area contributed by atoms with Gasteiger partial charge in [-0.15, -0.1) is 0 Å². The lowest BCUT2D eigenvalue weighted by Crippen LogP contribution is -2.22. The number of benzene rings is 3. The van der Waals surface area contributed by atoms with Crippen LogP contribution in [0.3, 0.4) is 0 Å². The monoisotopic (exact) mass is 389 g/mol. The lowest BCUT2D eigenvalue weighted by atomic mass is 10.0. The second-order valence-corrected chi connectivity index (χ2v) is 6.99. The van der Waals surface area contributed by atoms with Gasteiger partial charge in [0.2, 0.25) is 0 Å². The molecule has 0 spiro atoms. The highest BCUT2D eigenvalue weighted by Crippen LogP contribution is 2.27. The molecule has 0 bridgehead atoms. The molecule has 3 aromatic carbocycles. The van der Waals surface area contributed by atoms with Crippen molar-refractivity contribution in [2.75, 3.05) is 0 Å². The van der Waals surface area contributed by atoms with Crippen molar-refractivity contribution in [2.24, 2.45) is 0 Å². The van der Waals surface area contributed by atoms with Crippen LogP contribution < -0.4 is 11.1 Å². The van der Waals surface area contributed by atoms with Crippen LogP contribution in [0.1, 0.15) is 5.69 Å². The van der Waals surface area contributed by atoms with Crippen molar-refractivity contribution in [3.05, 3.63) is 111 Å². The molecule has 0 unspecified atom stereocenters. The molecular weight excluding hydrogens is 374 g/mol. The van der Waals surface area contributed by atoms with Gasteiger partial charge in [-0.2, -0.15) is 5.26 Å². The number of para-hydroxylation sites is 1. The van der Waals surface area contributed by atoms with E-state index in [0.29, 0.717) is 33.1 Å². The van der Waals surface area contributed by atoms with Gasteiger partial charge in [-0.1, -0.05) is 54.6 Å². The van der Waals surface area contributed by atoms with E-state index in [1.807, 2.05) is 48.5 Å². The molecule has 5 heteroatoms. The van der Waals surface area contributed by atoms with Crippen LogP contribution in [0.2, 0.25) is 0 Å². The molecule has 0 saturated heterocycles. The molecule has 0 amide bonds. The zero-order valence-corrected chi connectivity index (χ0v) is 15.8. The van der Waals surface area contributed by atoms with Crippen LogP contribution in [0.4, 0.5) is 0 Å². The number of hydrogen-bond acceptors (Lipinski definition) is 3. The number of aromatic nitrogens is 2. The summed E-state index contributed by atoms with van der Waals surface area (Å²) in [5.41, 5.74) is 1.53.